The van der Waals surface area contributed by atoms with Crippen molar-refractivity contribution in [1.29, 1.82) is 0 Å². The lowest BCUT2D eigenvalue weighted by Gasteiger charge is -2.32. The average Bonchev–Trinajstić information content (AvgIpc) is 3.20. The van der Waals surface area contributed by atoms with Crippen molar-refractivity contribution in [2.24, 2.45) is 17.8 Å². The molecule has 1 aliphatic heterocycles. The van der Waals surface area contributed by atoms with Crippen LogP contribution in [0.15, 0.2) is 36.4 Å². The van der Waals surface area contributed by atoms with E-state index in [9.17, 15) is 0 Å². The minimum absolute atomic E-state index is 0.914. The molecule has 3 heteroatoms. The van der Waals surface area contributed by atoms with Gasteiger partial charge in [0, 0.05) is 11.5 Å². The molecular formula is C20H30N2O+2. The van der Waals surface area contributed by atoms with Crippen molar-refractivity contribution in [3.05, 3.63) is 42.0 Å². The molecule has 0 radical (unpaired) electrons. The van der Waals surface area contributed by atoms with Gasteiger partial charge in [0.2, 0.25) is 0 Å². The summed E-state index contributed by atoms with van der Waals surface area (Å²) < 4.78 is 5.24. The summed E-state index contributed by atoms with van der Waals surface area (Å²) in [4.78, 5) is 3.60. The summed E-state index contributed by atoms with van der Waals surface area (Å²) >= 11 is 0. The molecule has 1 aromatic rings. The summed E-state index contributed by atoms with van der Waals surface area (Å²) in [5.74, 6) is 3.77. The van der Waals surface area contributed by atoms with Crippen molar-refractivity contribution in [2.75, 3.05) is 39.8 Å². The van der Waals surface area contributed by atoms with Gasteiger partial charge in [-0.05, 0) is 48.9 Å². The molecule has 3 aliphatic rings. The number of allylic oxidation sites excluding steroid dienone is 2. The van der Waals surface area contributed by atoms with E-state index in [0.29, 0.717) is 0 Å². The zero-order valence-electron chi connectivity index (χ0n) is 14.3. The van der Waals surface area contributed by atoms with Crippen LogP contribution in [0.1, 0.15) is 18.4 Å². The van der Waals surface area contributed by atoms with Gasteiger partial charge in [-0.25, -0.2) is 0 Å². The van der Waals surface area contributed by atoms with Crippen LogP contribution >= 0.6 is 0 Å². The maximum Gasteiger partial charge on any atom is 0.127 e. The minimum atomic E-state index is 0.914. The van der Waals surface area contributed by atoms with Gasteiger partial charge >= 0.3 is 0 Å². The third-order valence-corrected chi connectivity index (χ3v) is 6.24. The van der Waals surface area contributed by atoms with Gasteiger partial charge in [-0.1, -0.05) is 12.2 Å². The van der Waals surface area contributed by atoms with E-state index in [1.807, 2.05) is 4.90 Å². The molecule has 2 N–H and O–H groups in total. The van der Waals surface area contributed by atoms with E-state index in [2.05, 4.69) is 36.4 Å². The van der Waals surface area contributed by atoms with E-state index in [4.69, 9.17) is 4.74 Å². The first kappa shape index (κ1) is 15.2. The first-order valence-electron chi connectivity index (χ1n) is 9.28. The molecule has 1 heterocycles. The summed E-state index contributed by atoms with van der Waals surface area (Å²) in [7, 11) is 1.73. The van der Waals surface area contributed by atoms with Gasteiger partial charge < -0.3 is 14.5 Å². The Labute approximate surface area is 139 Å². The lowest BCUT2D eigenvalue weighted by atomic mass is 9.93. The third kappa shape index (κ3) is 3.46. The minimum Gasteiger partial charge on any atom is -0.497 e. The Balaban J connectivity index is 1.23. The summed E-state index contributed by atoms with van der Waals surface area (Å²) in [6, 6.07) is 8.59. The monoisotopic (exact) mass is 314 g/mol. The zero-order chi connectivity index (χ0) is 15.6. The Bertz CT molecular complexity index is 545. The van der Waals surface area contributed by atoms with Crippen molar-refractivity contribution >= 4 is 0 Å². The number of hydrogen-bond donors (Lipinski definition) is 2. The second-order valence-corrected chi connectivity index (χ2v) is 7.77. The Hall–Kier alpha value is -1.32. The molecule has 3 atom stereocenters. The van der Waals surface area contributed by atoms with Crippen molar-refractivity contribution < 1.29 is 14.5 Å². The van der Waals surface area contributed by atoms with Gasteiger partial charge in [0.15, 0.2) is 0 Å². The Morgan fingerprint density at radius 3 is 2.30 bits per heavy atom. The van der Waals surface area contributed by atoms with Gasteiger partial charge in [0.25, 0.3) is 0 Å². The SMILES string of the molecule is COc1ccc(C[NH+]2CC[NH+](C[C@@H]3C[C@@H]4C=C[C@H]3C4)CC2)cc1. The molecule has 2 fully saturated rings. The predicted octanol–water partition coefficient (Wildman–Crippen LogP) is 0.191. The van der Waals surface area contributed by atoms with Crippen LogP contribution in [0.25, 0.3) is 0 Å². The molecule has 2 bridgehead atoms. The molecule has 23 heavy (non-hydrogen) atoms. The first-order valence-corrected chi connectivity index (χ1v) is 9.28. The van der Waals surface area contributed by atoms with E-state index in [1.54, 1.807) is 12.0 Å². The Morgan fingerprint density at radius 2 is 1.70 bits per heavy atom. The number of fused-ring (bicyclic) bond motifs is 2. The van der Waals surface area contributed by atoms with Gasteiger partial charge in [-0.3, -0.25) is 0 Å². The molecule has 1 aromatic carbocycles. The second-order valence-electron chi connectivity index (χ2n) is 7.77. The van der Waals surface area contributed by atoms with E-state index in [-0.39, 0.29) is 0 Å². The number of benzene rings is 1. The summed E-state index contributed by atoms with van der Waals surface area (Å²) in [5, 5.41) is 0. The van der Waals surface area contributed by atoms with E-state index < -0.39 is 0 Å². The van der Waals surface area contributed by atoms with E-state index in [1.165, 1.54) is 51.1 Å². The number of nitrogens with one attached hydrogen (secondary N) is 2. The largest absolute Gasteiger partial charge is 0.497 e. The van der Waals surface area contributed by atoms with Crippen LogP contribution in [0.4, 0.5) is 0 Å². The van der Waals surface area contributed by atoms with Crippen LogP contribution < -0.4 is 14.5 Å². The molecule has 1 saturated carbocycles. The van der Waals surface area contributed by atoms with Crippen molar-refractivity contribution in [2.45, 2.75) is 19.4 Å². The number of methoxy groups -OCH3 is 1. The molecule has 0 unspecified atom stereocenters. The summed E-state index contributed by atoms with van der Waals surface area (Å²) in [5.41, 5.74) is 1.43. The van der Waals surface area contributed by atoms with Gasteiger partial charge in [0.05, 0.1) is 13.7 Å². The third-order valence-electron chi connectivity index (χ3n) is 6.24. The molecule has 124 valence electrons. The van der Waals surface area contributed by atoms with Crippen molar-refractivity contribution in [3.63, 3.8) is 0 Å². The van der Waals surface area contributed by atoms with Gasteiger partial charge in [0.1, 0.15) is 38.5 Å². The second kappa shape index (κ2) is 6.66. The average molecular weight is 314 g/mol. The van der Waals surface area contributed by atoms with Crippen LogP contribution in [-0.4, -0.2) is 39.8 Å². The van der Waals surface area contributed by atoms with Crippen LogP contribution in [-0.2, 0) is 6.54 Å². The number of ether oxygens (including phenoxy) is 1. The van der Waals surface area contributed by atoms with Crippen molar-refractivity contribution in [1.82, 2.24) is 0 Å². The molecule has 0 spiro atoms. The summed E-state index contributed by atoms with van der Waals surface area (Å²) in [6.07, 6.45) is 7.89. The first-order chi connectivity index (χ1) is 11.3. The highest BCUT2D eigenvalue weighted by molar-refractivity contribution is 5.26. The smallest absolute Gasteiger partial charge is 0.127 e. The molecule has 2 aliphatic carbocycles. The number of piperazine rings is 1. The van der Waals surface area contributed by atoms with Gasteiger partial charge in [-0.15, -0.1) is 0 Å². The van der Waals surface area contributed by atoms with E-state index >= 15 is 0 Å². The van der Waals surface area contributed by atoms with Crippen LogP contribution in [0, 0.1) is 17.8 Å². The van der Waals surface area contributed by atoms with Gasteiger partial charge in [-0.2, -0.15) is 0 Å². The quantitative estimate of drug-likeness (QED) is 0.743. The number of quaternary nitrogens is 2. The topological polar surface area (TPSA) is 18.1 Å². The fraction of sp³-hybridized carbons (Fsp3) is 0.600. The highest BCUT2D eigenvalue weighted by Gasteiger charge is 2.38. The van der Waals surface area contributed by atoms with Crippen molar-refractivity contribution in [3.8, 4) is 5.75 Å². The number of hydrogen-bond acceptors (Lipinski definition) is 1. The van der Waals surface area contributed by atoms with Crippen LogP contribution in [0.3, 0.4) is 0 Å². The van der Waals surface area contributed by atoms with E-state index in [0.717, 1.165) is 30.0 Å². The normalized spacial score (nSPS) is 35.6. The predicted molar refractivity (Wildman–Crippen MR) is 91.8 cm³/mol. The highest BCUT2D eigenvalue weighted by Crippen LogP contribution is 2.42. The highest BCUT2D eigenvalue weighted by atomic mass is 16.5. The fourth-order valence-electron chi connectivity index (χ4n) is 4.87. The lowest BCUT2D eigenvalue weighted by Crippen LogP contribution is -3.27. The maximum absolute atomic E-state index is 5.24. The number of rotatable bonds is 5. The standard InChI is InChI=1S/C20H28N2O/c1-23-20-6-3-16(4-7-20)14-21-8-10-22(11-9-21)15-19-13-17-2-5-18(19)12-17/h2-7,17-19H,8-15H2,1H3/p+2/t17-,18+,19+/m1/s1. The Morgan fingerprint density at radius 1 is 0.957 bits per heavy atom. The molecule has 1 saturated heterocycles. The molecule has 0 amide bonds. The zero-order valence-corrected chi connectivity index (χ0v) is 14.3. The van der Waals surface area contributed by atoms with Crippen LogP contribution in [0.5, 0.6) is 5.75 Å². The fourth-order valence-corrected chi connectivity index (χ4v) is 4.87. The Kier molecular flexibility index (Phi) is 4.41. The molecule has 4 rings (SSSR count). The van der Waals surface area contributed by atoms with Crippen LogP contribution in [0.2, 0.25) is 0 Å². The lowest BCUT2D eigenvalue weighted by molar-refractivity contribution is -1.02. The maximum atomic E-state index is 5.24. The molecule has 0 aromatic heterocycles. The molecular weight excluding hydrogens is 284 g/mol. The summed E-state index contributed by atoms with van der Waals surface area (Å²) in [6.45, 7) is 7.91. The molecule has 3 nitrogen and oxygen atoms in total.